The van der Waals surface area contributed by atoms with Gasteiger partial charge in [0, 0.05) is 25.4 Å². The standard InChI is InChI=1S/C17H18Cl2N4O3/c1-3-23-13(24)9-26-16(15(23)10-7-20-22(2)8-10)17(25)21-12-6-4-5-11(18)14(12)19/h4-8,15-16H,3,9H2,1-2H3,(H,21,25)/t15-,16+/m1/s1. The molecule has 1 saturated heterocycles. The quantitative estimate of drug-likeness (QED) is 0.861. The van der Waals surface area contributed by atoms with Gasteiger partial charge in [-0.15, -0.1) is 0 Å². The molecule has 138 valence electrons. The van der Waals surface area contributed by atoms with E-state index in [4.69, 9.17) is 27.9 Å². The van der Waals surface area contributed by atoms with Crippen LogP contribution < -0.4 is 5.32 Å². The normalized spacial score (nSPS) is 20.3. The monoisotopic (exact) mass is 396 g/mol. The summed E-state index contributed by atoms with van der Waals surface area (Å²) in [5, 5.41) is 7.47. The van der Waals surface area contributed by atoms with E-state index in [1.54, 1.807) is 47.2 Å². The Kier molecular flexibility index (Phi) is 5.50. The highest BCUT2D eigenvalue weighted by atomic mass is 35.5. The summed E-state index contributed by atoms with van der Waals surface area (Å²) < 4.78 is 7.20. The molecule has 1 aromatic carbocycles. The molecular formula is C17H18Cl2N4O3. The van der Waals surface area contributed by atoms with Crippen LogP contribution in [-0.4, -0.2) is 45.8 Å². The number of halogens is 2. The number of anilines is 1. The number of hydrogen-bond acceptors (Lipinski definition) is 4. The Morgan fingerprint density at radius 3 is 2.85 bits per heavy atom. The van der Waals surface area contributed by atoms with Gasteiger partial charge in [0.05, 0.1) is 28.0 Å². The Bertz CT molecular complexity index is 839. The molecule has 1 fully saturated rings. The van der Waals surface area contributed by atoms with E-state index in [0.29, 0.717) is 17.3 Å². The van der Waals surface area contributed by atoms with Crippen LogP contribution in [0.15, 0.2) is 30.6 Å². The maximum Gasteiger partial charge on any atom is 0.256 e. The summed E-state index contributed by atoms with van der Waals surface area (Å²) in [6, 6.07) is 4.39. The molecule has 0 aliphatic carbocycles. The van der Waals surface area contributed by atoms with Crippen molar-refractivity contribution in [2.45, 2.75) is 19.1 Å². The van der Waals surface area contributed by atoms with Crippen LogP contribution in [0, 0.1) is 0 Å². The van der Waals surface area contributed by atoms with Gasteiger partial charge in [-0.05, 0) is 19.1 Å². The summed E-state index contributed by atoms with van der Waals surface area (Å²) in [5.74, 6) is -0.583. The predicted octanol–water partition coefficient (Wildman–Crippen LogP) is 2.65. The third-order valence-corrected chi connectivity index (χ3v) is 5.02. The van der Waals surface area contributed by atoms with E-state index in [1.165, 1.54) is 0 Å². The fourth-order valence-electron chi connectivity index (χ4n) is 3.00. The SMILES string of the molecule is CCN1C(=O)CO[C@H](C(=O)Nc2cccc(Cl)c2Cl)[C@H]1c1cnn(C)c1. The molecule has 2 heterocycles. The number of aryl methyl sites for hydroxylation is 1. The van der Waals surface area contributed by atoms with E-state index in [0.717, 1.165) is 5.56 Å². The lowest BCUT2D eigenvalue weighted by molar-refractivity contribution is -0.161. The molecule has 0 saturated carbocycles. The Morgan fingerprint density at radius 2 is 2.19 bits per heavy atom. The van der Waals surface area contributed by atoms with Crippen LogP contribution in [0.3, 0.4) is 0 Å². The number of carbonyl (C=O) groups excluding carboxylic acids is 2. The molecule has 1 aliphatic heterocycles. The van der Waals surface area contributed by atoms with Crippen LogP contribution >= 0.6 is 23.2 Å². The number of benzene rings is 1. The minimum absolute atomic E-state index is 0.161. The van der Waals surface area contributed by atoms with E-state index in [-0.39, 0.29) is 17.5 Å². The van der Waals surface area contributed by atoms with E-state index in [2.05, 4.69) is 10.4 Å². The zero-order valence-corrected chi connectivity index (χ0v) is 15.8. The van der Waals surface area contributed by atoms with Gasteiger partial charge in [0.2, 0.25) is 5.91 Å². The molecule has 0 unspecified atom stereocenters. The molecule has 7 nitrogen and oxygen atoms in total. The zero-order valence-electron chi connectivity index (χ0n) is 14.3. The fourth-order valence-corrected chi connectivity index (χ4v) is 3.35. The second kappa shape index (κ2) is 7.65. The van der Waals surface area contributed by atoms with Crippen LogP contribution in [0.2, 0.25) is 10.0 Å². The van der Waals surface area contributed by atoms with Crippen molar-refractivity contribution < 1.29 is 14.3 Å². The number of morpholine rings is 1. The van der Waals surface area contributed by atoms with Crippen molar-refractivity contribution >= 4 is 40.7 Å². The topological polar surface area (TPSA) is 76.5 Å². The van der Waals surface area contributed by atoms with Crippen LogP contribution in [0.1, 0.15) is 18.5 Å². The number of nitrogens with zero attached hydrogens (tertiary/aromatic N) is 3. The van der Waals surface area contributed by atoms with E-state index >= 15 is 0 Å². The summed E-state index contributed by atoms with van der Waals surface area (Å²) in [6.45, 7) is 2.14. The Morgan fingerprint density at radius 1 is 1.42 bits per heavy atom. The van der Waals surface area contributed by atoms with Crippen molar-refractivity contribution in [3.63, 3.8) is 0 Å². The Hall–Kier alpha value is -2.09. The number of rotatable bonds is 4. The molecule has 0 radical (unpaired) electrons. The average molecular weight is 397 g/mol. The van der Waals surface area contributed by atoms with Crippen LogP contribution in [0.25, 0.3) is 0 Å². The number of carbonyl (C=O) groups is 2. The maximum absolute atomic E-state index is 12.9. The first-order chi connectivity index (χ1) is 12.4. The van der Waals surface area contributed by atoms with Crippen molar-refractivity contribution in [1.29, 1.82) is 0 Å². The highest BCUT2D eigenvalue weighted by Gasteiger charge is 2.41. The van der Waals surface area contributed by atoms with E-state index in [9.17, 15) is 9.59 Å². The molecule has 1 aromatic heterocycles. The lowest BCUT2D eigenvalue weighted by atomic mass is 10.00. The Balaban J connectivity index is 1.91. The molecule has 9 heteroatoms. The van der Waals surface area contributed by atoms with Crippen LogP contribution in [0.5, 0.6) is 0 Å². The van der Waals surface area contributed by atoms with Gasteiger partial charge in [-0.2, -0.15) is 5.10 Å². The molecule has 26 heavy (non-hydrogen) atoms. The first kappa shape index (κ1) is 18.7. The van der Waals surface area contributed by atoms with Crippen molar-refractivity contribution in [3.8, 4) is 0 Å². The number of hydrogen-bond donors (Lipinski definition) is 1. The third kappa shape index (κ3) is 3.56. The van der Waals surface area contributed by atoms with Crippen molar-refractivity contribution in [1.82, 2.24) is 14.7 Å². The molecule has 3 rings (SSSR count). The van der Waals surface area contributed by atoms with Gasteiger partial charge >= 0.3 is 0 Å². The second-order valence-corrected chi connectivity index (χ2v) is 6.68. The summed E-state index contributed by atoms with van der Waals surface area (Å²) in [6.07, 6.45) is 2.50. The van der Waals surface area contributed by atoms with Crippen molar-refractivity contribution in [2.75, 3.05) is 18.5 Å². The third-order valence-electron chi connectivity index (χ3n) is 4.20. The summed E-state index contributed by atoms with van der Waals surface area (Å²) in [5.41, 5.74) is 1.11. The average Bonchev–Trinajstić information content (AvgIpc) is 3.04. The largest absolute Gasteiger partial charge is 0.356 e. The number of ether oxygens (including phenoxy) is 1. The first-order valence-electron chi connectivity index (χ1n) is 8.06. The summed E-state index contributed by atoms with van der Waals surface area (Å²) >= 11 is 12.1. The fraction of sp³-hybridized carbons (Fsp3) is 0.353. The predicted molar refractivity (Wildman–Crippen MR) is 98.2 cm³/mol. The van der Waals surface area contributed by atoms with Crippen molar-refractivity contribution in [3.05, 3.63) is 46.2 Å². The van der Waals surface area contributed by atoms with Gasteiger partial charge in [-0.25, -0.2) is 0 Å². The van der Waals surface area contributed by atoms with Gasteiger partial charge in [0.1, 0.15) is 6.61 Å². The van der Waals surface area contributed by atoms with Crippen molar-refractivity contribution in [2.24, 2.45) is 7.05 Å². The van der Waals surface area contributed by atoms with Gasteiger partial charge in [-0.3, -0.25) is 14.3 Å². The van der Waals surface area contributed by atoms with Gasteiger partial charge in [-0.1, -0.05) is 29.3 Å². The van der Waals surface area contributed by atoms with Gasteiger partial charge in [0.15, 0.2) is 6.10 Å². The van der Waals surface area contributed by atoms with Gasteiger partial charge in [0.25, 0.3) is 5.91 Å². The molecule has 2 atom stereocenters. The number of aromatic nitrogens is 2. The van der Waals surface area contributed by atoms with E-state index < -0.39 is 18.1 Å². The molecule has 2 aromatic rings. The summed E-state index contributed by atoms with van der Waals surface area (Å²) in [4.78, 5) is 26.7. The minimum atomic E-state index is -0.896. The molecule has 1 N–H and O–H groups in total. The highest BCUT2D eigenvalue weighted by molar-refractivity contribution is 6.44. The smallest absolute Gasteiger partial charge is 0.256 e. The second-order valence-electron chi connectivity index (χ2n) is 5.89. The Labute approximate surface area is 160 Å². The number of likely N-dealkylation sites (N-methyl/N-ethyl adjacent to an activating group) is 1. The maximum atomic E-state index is 12.9. The number of nitrogens with one attached hydrogen (secondary N) is 1. The minimum Gasteiger partial charge on any atom is -0.356 e. The summed E-state index contributed by atoms with van der Waals surface area (Å²) in [7, 11) is 1.77. The van der Waals surface area contributed by atoms with Crippen LogP contribution in [0.4, 0.5) is 5.69 Å². The number of amides is 2. The zero-order chi connectivity index (χ0) is 18.8. The molecular weight excluding hydrogens is 379 g/mol. The van der Waals surface area contributed by atoms with E-state index in [1.807, 2.05) is 6.92 Å². The molecule has 2 amide bonds. The molecule has 0 bridgehead atoms. The molecule has 1 aliphatic rings. The lowest BCUT2D eigenvalue weighted by Crippen LogP contribution is -2.52. The molecule has 0 spiro atoms. The van der Waals surface area contributed by atoms with Gasteiger partial charge < -0.3 is 15.0 Å². The first-order valence-corrected chi connectivity index (χ1v) is 8.82. The lowest BCUT2D eigenvalue weighted by Gasteiger charge is -2.39. The highest BCUT2D eigenvalue weighted by Crippen LogP contribution is 2.33. The van der Waals surface area contributed by atoms with Crippen LogP contribution in [-0.2, 0) is 21.4 Å².